The predicted molar refractivity (Wildman–Crippen MR) is 240 cm³/mol. The van der Waals surface area contributed by atoms with Crippen molar-refractivity contribution in [1.82, 2.24) is 19.8 Å². The number of alkyl halides is 3. The van der Waals surface area contributed by atoms with Gasteiger partial charge in [-0.25, -0.2) is 18.4 Å². The fourth-order valence-electron chi connectivity index (χ4n) is 7.86. The molecule has 0 spiro atoms. The maximum Gasteiger partial charge on any atom is 0.418 e. The topological polar surface area (TPSA) is 93.7 Å². The van der Waals surface area contributed by atoms with Crippen molar-refractivity contribution in [3.63, 3.8) is 0 Å². The molecular weight excluding hydrogens is 827 g/mol. The number of hydrogen-bond donors (Lipinski definition) is 2. The monoisotopic (exact) mass is 877 g/mol. The quantitative estimate of drug-likeness (QED) is 0.0998. The third kappa shape index (κ3) is 11.3. The van der Waals surface area contributed by atoms with Crippen LogP contribution in [0.15, 0.2) is 113 Å². The molecule has 60 heavy (non-hydrogen) atoms. The van der Waals surface area contributed by atoms with Crippen LogP contribution < -0.4 is 14.9 Å². The number of rotatable bonds is 15. The molecule has 2 aliphatic rings. The van der Waals surface area contributed by atoms with Crippen molar-refractivity contribution in [2.45, 2.75) is 60.5 Å². The lowest BCUT2D eigenvalue weighted by atomic mass is 9.95. The zero-order valence-electron chi connectivity index (χ0n) is 33.9. The van der Waals surface area contributed by atoms with Gasteiger partial charge in [0.15, 0.2) is 5.82 Å². The first-order chi connectivity index (χ1) is 28.8. The van der Waals surface area contributed by atoms with Gasteiger partial charge in [-0.1, -0.05) is 53.9 Å². The second-order valence-corrected chi connectivity index (χ2v) is 18.9. The van der Waals surface area contributed by atoms with Gasteiger partial charge in [-0.15, -0.1) is 11.8 Å². The van der Waals surface area contributed by atoms with E-state index in [2.05, 4.69) is 41.9 Å². The van der Waals surface area contributed by atoms with E-state index >= 15 is 0 Å². The number of nitrogens with zero attached hydrogens (tertiary/aromatic N) is 5. The van der Waals surface area contributed by atoms with Gasteiger partial charge in [-0.05, 0) is 125 Å². The Morgan fingerprint density at radius 3 is 2.37 bits per heavy atom. The standard InChI is InChI=1S/C45H51ClF3N7O2S2/c1-54(2)22-21-35(30-59-37-10-6-4-7-11-37)52-42-20-18-38(28-41(42)45(47,48)49)60(57,58)53-44-40-19-17-36(27-43(40)50-31-51-44)56-25-23-55(24-26-56)29-33-9-5-3-8-12-39(33)32-13-15-34(46)16-14-32/h4,6-7,10-11,13-20,27-28,31,35,52H,3,5,8-9,12,21-26,29-30H2,1-2H3,(H,50,51,53). The maximum absolute atomic E-state index is 14.6. The summed E-state index contributed by atoms with van der Waals surface area (Å²) in [6.45, 7) is 5.00. The van der Waals surface area contributed by atoms with Crippen LogP contribution in [-0.4, -0.2) is 93.3 Å². The van der Waals surface area contributed by atoms with Gasteiger partial charge in [0.05, 0.1) is 16.0 Å². The number of aromatic nitrogens is 2. The molecule has 318 valence electrons. The molecule has 1 saturated heterocycles. The van der Waals surface area contributed by atoms with Crippen LogP contribution in [-0.2, 0) is 16.2 Å². The zero-order chi connectivity index (χ0) is 42.3. The average Bonchev–Trinajstić information content (AvgIpc) is 3.47. The van der Waals surface area contributed by atoms with E-state index in [9.17, 15) is 21.6 Å². The molecule has 1 unspecified atom stereocenters. The van der Waals surface area contributed by atoms with Crippen LogP contribution in [0.2, 0.25) is 5.02 Å². The molecule has 0 bridgehead atoms. The number of allylic oxidation sites excluding steroid dienone is 1. The SMILES string of the molecule is CN(C)CCC(CSc1ccccc1)Nc1ccc(S(=O)(=O)Nc2ncnc3cc(N4CCN(CC5=C(c6ccc(Cl)cc6)CCCCC5)CC4)ccc23)cc1C(F)(F)F. The highest BCUT2D eigenvalue weighted by atomic mass is 35.5. The van der Waals surface area contributed by atoms with Gasteiger partial charge in [0.25, 0.3) is 10.0 Å². The molecule has 9 nitrogen and oxygen atoms in total. The second-order valence-electron chi connectivity index (χ2n) is 15.7. The van der Waals surface area contributed by atoms with E-state index in [0.29, 0.717) is 35.7 Å². The van der Waals surface area contributed by atoms with E-state index in [1.807, 2.05) is 73.6 Å². The van der Waals surface area contributed by atoms with Gasteiger partial charge in [0, 0.05) is 71.2 Å². The van der Waals surface area contributed by atoms with Gasteiger partial charge < -0.3 is 15.1 Å². The van der Waals surface area contributed by atoms with Crippen molar-refractivity contribution in [3.05, 3.63) is 119 Å². The molecule has 5 aromatic rings. The zero-order valence-corrected chi connectivity index (χ0v) is 36.3. The third-order valence-electron chi connectivity index (χ3n) is 11.1. The van der Waals surface area contributed by atoms with Crippen LogP contribution in [0.25, 0.3) is 16.5 Å². The van der Waals surface area contributed by atoms with Crippen LogP contribution in [0.3, 0.4) is 0 Å². The number of halogens is 4. The van der Waals surface area contributed by atoms with E-state index in [1.54, 1.807) is 17.8 Å². The molecule has 0 amide bonds. The summed E-state index contributed by atoms with van der Waals surface area (Å²) in [5.74, 6) is 0.502. The molecular formula is C45H51ClF3N7O2S2. The Labute approximate surface area is 360 Å². The van der Waals surface area contributed by atoms with Crippen LogP contribution in [0.4, 0.5) is 30.4 Å². The van der Waals surface area contributed by atoms with E-state index in [1.165, 1.54) is 54.4 Å². The Morgan fingerprint density at radius 1 is 0.883 bits per heavy atom. The van der Waals surface area contributed by atoms with Gasteiger partial charge in [0.2, 0.25) is 0 Å². The van der Waals surface area contributed by atoms with Crippen molar-refractivity contribution in [1.29, 1.82) is 0 Å². The number of anilines is 3. The number of piperazine rings is 1. The number of hydrogen-bond acceptors (Lipinski definition) is 9. The average molecular weight is 879 g/mol. The van der Waals surface area contributed by atoms with Gasteiger partial charge in [-0.2, -0.15) is 13.2 Å². The van der Waals surface area contributed by atoms with E-state index in [-0.39, 0.29) is 17.5 Å². The normalized spacial score (nSPS) is 16.3. The Morgan fingerprint density at radius 2 is 1.63 bits per heavy atom. The molecule has 15 heteroatoms. The minimum Gasteiger partial charge on any atom is -0.381 e. The first kappa shape index (κ1) is 43.7. The smallest absolute Gasteiger partial charge is 0.381 e. The summed E-state index contributed by atoms with van der Waals surface area (Å²) < 4.78 is 73.7. The van der Waals surface area contributed by atoms with Crippen LogP contribution >= 0.6 is 23.4 Å². The lowest BCUT2D eigenvalue weighted by Gasteiger charge is -2.37. The van der Waals surface area contributed by atoms with Gasteiger partial charge in [-0.3, -0.25) is 9.62 Å². The molecule has 4 aromatic carbocycles. The van der Waals surface area contributed by atoms with Crippen LogP contribution in [0.5, 0.6) is 0 Å². The minimum absolute atomic E-state index is 0.0121. The van der Waals surface area contributed by atoms with Crippen molar-refractivity contribution in [3.8, 4) is 0 Å². The molecule has 0 radical (unpaired) electrons. The number of thioether (sulfide) groups is 1. The summed E-state index contributed by atoms with van der Waals surface area (Å²) in [4.78, 5) is 15.9. The largest absolute Gasteiger partial charge is 0.418 e. The highest BCUT2D eigenvalue weighted by molar-refractivity contribution is 7.99. The number of benzene rings is 4. The number of nitrogens with one attached hydrogen (secondary N) is 2. The molecule has 2 N–H and O–H groups in total. The van der Waals surface area contributed by atoms with E-state index < -0.39 is 26.7 Å². The summed E-state index contributed by atoms with van der Waals surface area (Å²) in [6.07, 6.45) is 2.85. The molecule has 0 saturated carbocycles. The summed E-state index contributed by atoms with van der Waals surface area (Å²) >= 11 is 7.74. The lowest BCUT2D eigenvalue weighted by Crippen LogP contribution is -2.47. The number of fused-ring (bicyclic) bond motifs is 1. The molecule has 1 aliphatic carbocycles. The Balaban J connectivity index is 1.04. The lowest BCUT2D eigenvalue weighted by molar-refractivity contribution is -0.137. The fourth-order valence-corrected chi connectivity index (χ4v) is 10.0. The highest BCUT2D eigenvalue weighted by Crippen LogP contribution is 2.38. The Kier molecular flexibility index (Phi) is 14.3. The minimum atomic E-state index is -4.82. The molecule has 2 heterocycles. The van der Waals surface area contributed by atoms with Crippen LogP contribution in [0.1, 0.15) is 49.7 Å². The fraction of sp³-hybridized carbons (Fsp3) is 0.378. The first-order valence-corrected chi connectivity index (χ1v) is 23.2. The summed E-state index contributed by atoms with van der Waals surface area (Å²) in [6, 6.07) is 26.2. The molecule has 1 aromatic heterocycles. The molecule has 1 aliphatic heterocycles. The molecule has 1 atom stereocenters. The van der Waals surface area contributed by atoms with Crippen molar-refractivity contribution in [2.24, 2.45) is 0 Å². The summed E-state index contributed by atoms with van der Waals surface area (Å²) in [5.41, 5.74) is 4.47. The third-order valence-corrected chi connectivity index (χ3v) is 13.9. The molecule has 7 rings (SSSR count). The van der Waals surface area contributed by atoms with Crippen molar-refractivity contribution in [2.75, 3.05) is 74.1 Å². The first-order valence-electron chi connectivity index (χ1n) is 20.3. The van der Waals surface area contributed by atoms with Gasteiger partial charge >= 0.3 is 6.18 Å². The molecule has 1 fully saturated rings. The van der Waals surface area contributed by atoms with Crippen LogP contribution in [0, 0.1) is 0 Å². The second kappa shape index (κ2) is 19.6. The highest BCUT2D eigenvalue weighted by Gasteiger charge is 2.36. The summed E-state index contributed by atoms with van der Waals surface area (Å²) in [5, 5.41) is 4.26. The Bertz CT molecular complexity index is 2370. The van der Waals surface area contributed by atoms with Crippen molar-refractivity contribution < 1.29 is 21.6 Å². The van der Waals surface area contributed by atoms with E-state index in [4.69, 9.17) is 11.6 Å². The van der Waals surface area contributed by atoms with Crippen molar-refractivity contribution >= 4 is 67.1 Å². The Hall–Kier alpha value is -4.34. The number of sulfonamides is 1. The maximum atomic E-state index is 14.6. The van der Waals surface area contributed by atoms with E-state index in [0.717, 1.165) is 61.2 Å². The predicted octanol–water partition coefficient (Wildman–Crippen LogP) is 10.2. The van der Waals surface area contributed by atoms with Gasteiger partial charge in [0.1, 0.15) is 6.33 Å². The summed E-state index contributed by atoms with van der Waals surface area (Å²) in [7, 11) is -0.660.